The molecule has 92 valence electrons. The molecule has 2 bridgehead atoms. The van der Waals surface area contributed by atoms with Crippen LogP contribution in [0.3, 0.4) is 0 Å². The van der Waals surface area contributed by atoms with Crippen molar-refractivity contribution >= 4 is 0 Å². The van der Waals surface area contributed by atoms with Gasteiger partial charge in [-0.3, -0.25) is 0 Å². The fourth-order valence-corrected chi connectivity index (χ4v) is 4.42. The number of hydrogen-bond donors (Lipinski definition) is 4. The summed E-state index contributed by atoms with van der Waals surface area (Å²) in [6, 6.07) is 0. The van der Waals surface area contributed by atoms with E-state index in [1.165, 1.54) is 0 Å². The van der Waals surface area contributed by atoms with Gasteiger partial charge in [-0.25, -0.2) is 0 Å². The highest BCUT2D eigenvalue weighted by Crippen LogP contribution is 2.54. The highest BCUT2D eigenvalue weighted by Gasteiger charge is 2.57. The van der Waals surface area contributed by atoms with Crippen molar-refractivity contribution in [3.8, 4) is 0 Å². The average Bonchev–Trinajstić information content (AvgIpc) is 2.34. The Labute approximate surface area is 94.9 Å². The number of aliphatic hydroxyl groups excluding tert-OH is 4. The first-order valence-electron chi connectivity index (χ1n) is 6.33. The minimum absolute atomic E-state index is 0.0131. The zero-order valence-corrected chi connectivity index (χ0v) is 9.24. The van der Waals surface area contributed by atoms with Crippen LogP contribution < -0.4 is 0 Å². The van der Waals surface area contributed by atoms with Gasteiger partial charge >= 0.3 is 0 Å². The lowest BCUT2D eigenvalue weighted by atomic mass is 9.52. The first-order valence-corrected chi connectivity index (χ1v) is 6.33. The van der Waals surface area contributed by atoms with Crippen molar-refractivity contribution in [2.24, 2.45) is 23.7 Å². The molecule has 0 radical (unpaired) electrons. The van der Waals surface area contributed by atoms with E-state index in [4.69, 9.17) is 0 Å². The summed E-state index contributed by atoms with van der Waals surface area (Å²) in [5.41, 5.74) is 0. The summed E-state index contributed by atoms with van der Waals surface area (Å²) in [6.07, 6.45) is 0.285. The molecule has 4 aliphatic rings. The van der Waals surface area contributed by atoms with E-state index in [-0.39, 0.29) is 11.8 Å². The molecule has 0 spiro atoms. The maximum Gasteiger partial charge on any atom is 0.109 e. The van der Waals surface area contributed by atoms with Crippen LogP contribution in [0.2, 0.25) is 0 Å². The van der Waals surface area contributed by atoms with Gasteiger partial charge in [-0.15, -0.1) is 0 Å². The summed E-state index contributed by atoms with van der Waals surface area (Å²) >= 11 is 0. The zero-order chi connectivity index (χ0) is 11.4. The quantitative estimate of drug-likeness (QED) is 0.450. The molecule has 6 atom stereocenters. The van der Waals surface area contributed by atoms with Gasteiger partial charge in [-0.05, 0) is 49.4 Å². The third kappa shape index (κ3) is 1.30. The van der Waals surface area contributed by atoms with Gasteiger partial charge in [0.15, 0.2) is 0 Å². The molecule has 0 saturated heterocycles. The van der Waals surface area contributed by atoms with Crippen LogP contribution in [0.1, 0.15) is 25.7 Å². The van der Waals surface area contributed by atoms with E-state index in [1.54, 1.807) is 0 Å². The molecule has 4 saturated carbocycles. The van der Waals surface area contributed by atoms with Gasteiger partial charge in [0.2, 0.25) is 0 Å². The fraction of sp³-hybridized carbons (Fsp3) is 1.00. The van der Waals surface area contributed by atoms with Crippen molar-refractivity contribution in [1.29, 1.82) is 0 Å². The molecule has 16 heavy (non-hydrogen) atoms. The number of aliphatic hydroxyl groups is 4. The van der Waals surface area contributed by atoms with Crippen LogP contribution in [0, 0.1) is 23.7 Å². The van der Waals surface area contributed by atoms with Gasteiger partial charge in [0.1, 0.15) is 12.2 Å². The molecular weight excluding hydrogens is 208 g/mol. The maximum atomic E-state index is 10.1. The van der Waals surface area contributed by atoms with Crippen LogP contribution in [0.15, 0.2) is 0 Å². The van der Waals surface area contributed by atoms with E-state index < -0.39 is 24.4 Å². The average molecular weight is 228 g/mol. The lowest BCUT2D eigenvalue weighted by Gasteiger charge is -2.56. The summed E-state index contributed by atoms with van der Waals surface area (Å²) in [6.45, 7) is 0. The molecule has 4 nitrogen and oxygen atoms in total. The second-order valence-corrected chi connectivity index (χ2v) is 5.79. The number of rotatable bonds is 0. The van der Waals surface area contributed by atoms with Crippen molar-refractivity contribution in [3.63, 3.8) is 0 Å². The third-order valence-electron chi connectivity index (χ3n) is 5.19. The van der Waals surface area contributed by atoms with E-state index in [2.05, 4.69) is 0 Å². The molecule has 0 aromatic carbocycles. The van der Waals surface area contributed by atoms with Crippen molar-refractivity contribution in [1.82, 2.24) is 0 Å². The van der Waals surface area contributed by atoms with E-state index in [9.17, 15) is 20.4 Å². The Hall–Kier alpha value is -0.160. The van der Waals surface area contributed by atoms with E-state index in [1.807, 2.05) is 0 Å². The molecule has 0 aromatic heterocycles. The number of fused-ring (bicyclic) bond motifs is 2. The predicted octanol–water partition coefficient (Wildman–Crippen LogP) is -0.504. The second-order valence-electron chi connectivity index (χ2n) is 5.79. The van der Waals surface area contributed by atoms with Crippen LogP contribution in [-0.2, 0) is 0 Å². The summed E-state index contributed by atoms with van der Waals surface area (Å²) in [5, 5.41) is 39.6. The third-order valence-corrected chi connectivity index (χ3v) is 5.19. The zero-order valence-electron chi connectivity index (χ0n) is 9.24. The minimum Gasteiger partial charge on any atom is -0.390 e. The lowest BCUT2D eigenvalue weighted by Crippen LogP contribution is -2.64. The molecule has 4 heteroatoms. The molecule has 2 unspecified atom stereocenters. The Bertz CT molecular complexity index is 246. The van der Waals surface area contributed by atoms with Crippen molar-refractivity contribution in [3.05, 3.63) is 0 Å². The SMILES string of the molecule is O[C@@H]1[C@H](O)[C@@H](O)C2C3CCC(CC3)C2[C@H]1O. The summed E-state index contributed by atoms with van der Waals surface area (Å²) in [5.74, 6) is 0.811. The number of hydrogen-bond acceptors (Lipinski definition) is 4. The van der Waals surface area contributed by atoms with Gasteiger partial charge in [0.05, 0.1) is 12.2 Å². The summed E-state index contributed by atoms with van der Waals surface area (Å²) < 4.78 is 0. The standard InChI is InChI=1S/C12H20O4/c13-9-7-5-1-2-6(4-3-5)8(7)10(14)12(16)11(9)15/h5-16H,1-4H2/t5?,6?,7?,8?,9-,10+,11+,12-. The van der Waals surface area contributed by atoms with Crippen LogP contribution in [0.4, 0.5) is 0 Å². The lowest BCUT2D eigenvalue weighted by molar-refractivity contribution is -0.224. The highest BCUT2D eigenvalue weighted by atomic mass is 16.4. The van der Waals surface area contributed by atoms with Gasteiger partial charge < -0.3 is 20.4 Å². The van der Waals surface area contributed by atoms with Gasteiger partial charge in [-0.1, -0.05) is 0 Å². The van der Waals surface area contributed by atoms with Crippen molar-refractivity contribution in [2.75, 3.05) is 0 Å². The molecule has 0 heterocycles. The smallest absolute Gasteiger partial charge is 0.109 e. The molecule has 0 aromatic rings. The first kappa shape index (κ1) is 11.0. The Morgan fingerprint density at radius 2 is 0.812 bits per heavy atom. The Kier molecular flexibility index (Phi) is 2.51. The first-order chi connectivity index (χ1) is 7.61. The molecule has 0 amide bonds. The Balaban J connectivity index is 1.93. The van der Waals surface area contributed by atoms with Crippen LogP contribution in [0.25, 0.3) is 0 Å². The van der Waals surface area contributed by atoms with Gasteiger partial charge in [-0.2, -0.15) is 0 Å². The second kappa shape index (κ2) is 3.67. The molecule has 4 fully saturated rings. The topological polar surface area (TPSA) is 80.9 Å². The summed E-state index contributed by atoms with van der Waals surface area (Å²) in [7, 11) is 0. The Morgan fingerprint density at radius 3 is 1.12 bits per heavy atom. The van der Waals surface area contributed by atoms with Crippen LogP contribution >= 0.6 is 0 Å². The van der Waals surface area contributed by atoms with Crippen LogP contribution in [0.5, 0.6) is 0 Å². The van der Waals surface area contributed by atoms with Crippen molar-refractivity contribution < 1.29 is 20.4 Å². The monoisotopic (exact) mass is 228 g/mol. The Morgan fingerprint density at radius 1 is 0.500 bits per heavy atom. The van der Waals surface area contributed by atoms with E-state index in [0.29, 0.717) is 11.8 Å². The molecular formula is C12H20O4. The van der Waals surface area contributed by atoms with Crippen LogP contribution in [-0.4, -0.2) is 44.8 Å². The fourth-order valence-electron chi connectivity index (χ4n) is 4.42. The van der Waals surface area contributed by atoms with E-state index in [0.717, 1.165) is 25.7 Å². The maximum absolute atomic E-state index is 10.1. The van der Waals surface area contributed by atoms with E-state index >= 15 is 0 Å². The van der Waals surface area contributed by atoms with Gasteiger partial charge in [0.25, 0.3) is 0 Å². The normalized spacial score (nSPS) is 60.8. The minimum atomic E-state index is -1.18. The van der Waals surface area contributed by atoms with Gasteiger partial charge in [0, 0.05) is 0 Å². The molecule has 4 N–H and O–H groups in total. The predicted molar refractivity (Wildman–Crippen MR) is 56.5 cm³/mol. The highest BCUT2D eigenvalue weighted by molar-refractivity contribution is 5.06. The molecule has 4 aliphatic carbocycles. The largest absolute Gasteiger partial charge is 0.390 e. The summed E-state index contributed by atoms with van der Waals surface area (Å²) in [4.78, 5) is 0. The van der Waals surface area contributed by atoms with Crippen molar-refractivity contribution in [2.45, 2.75) is 50.1 Å². The molecule has 0 aliphatic heterocycles. The molecule has 4 rings (SSSR count).